The van der Waals surface area contributed by atoms with Gasteiger partial charge in [0.05, 0.1) is 11.2 Å². The maximum Gasteiger partial charge on any atom is 0.248 e. The number of benzene rings is 1. The van der Waals surface area contributed by atoms with Gasteiger partial charge in [-0.1, -0.05) is 28.1 Å². The Morgan fingerprint density at radius 2 is 1.87 bits per heavy atom. The van der Waals surface area contributed by atoms with E-state index < -0.39 is 0 Å². The number of amides is 1. The second kappa shape index (κ2) is 7.68. The fraction of sp³-hybridized carbons (Fsp3) is 0.435. The number of likely N-dealkylation sites (tertiary alicyclic amines) is 1. The number of anilines is 1. The van der Waals surface area contributed by atoms with Crippen molar-refractivity contribution in [2.24, 2.45) is 0 Å². The fourth-order valence-electron chi connectivity index (χ4n) is 4.76. The molecule has 2 saturated heterocycles. The maximum absolute atomic E-state index is 12.9. The lowest BCUT2D eigenvalue weighted by Crippen LogP contribution is -2.56. The third-order valence-electron chi connectivity index (χ3n) is 6.52. The first kappa shape index (κ1) is 19.5. The van der Waals surface area contributed by atoms with Gasteiger partial charge in [0.2, 0.25) is 5.91 Å². The van der Waals surface area contributed by atoms with Gasteiger partial charge in [0.25, 0.3) is 0 Å². The van der Waals surface area contributed by atoms with Crippen molar-refractivity contribution in [3.8, 4) is 6.07 Å². The van der Waals surface area contributed by atoms with Crippen LogP contribution in [-0.4, -0.2) is 47.6 Å². The van der Waals surface area contributed by atoms with Crippen LogP contribution in [0.2, 0.25) is 0 Å². The van der Waals surface area contributed by atoms with Gasteiger partial charge in [-0.15, -0.1) is 0 Å². The molecule has 7 heteroatoms. The molecule has 1 aliphatic carbocycles. The zero-order valence-electron chi connectivity index (χ0n) is 16.6. The van der Waals surface area contributed by atoms with E-state index >= 15 is 0 Å². The zero-order chi connectivity index (χ0) is 20.7. The second-order valence-electron chi connectivity index (χ2n) is 8.40. The summed E-state index contributed by atoms with van der Waals surface area (Å²) >= 11 is 3.47. The molecule has 3 heterocycles. The van der Waals surface area contributed by atoms with Gasteiger partial charge in [-0.3, -0.25) is 4.79 Å². The summed E-state index contributed by atoms with van der Waals surface area (Å²) in [5, 5.41) is 8.99. The molecule has 2 atom stereocenters. The molecule has 1 aromatic heterocycles. The van der Waals surface area contributed by atoms with E-state index in [1.54, 1.807) is 6.20 Å². The Hall–Kier alpha value is -2.43. The molecule has 0 radical (unpaired) electrons. The Kier molecular flexibility index (Phi) is 5.00. The number of aromatic nitrogens is 1. The summed E-state index contributed by atoms with van der Waals surface area (Å²) in [6.07, 6.45) is 5.66. The Bertz CT molecular complexity index is 968. The van der Waals surface area contributed by atoms with E-state index in [2.05, 4.69) is 44.0 Å². The van der Waals surface area contributed by atoms with Gasteiger partial charge in [-0.25, -0.2) is 4.98 Å². The van der Waals surface area contributed by atoms with E-state index in [1.807, 2.05) is 29.2 Å². The molecule has 30 heavy (non-hydrogen) atoms. The van der Waals surface area contributed by atoms with Crippen molar-refractivity contribution in [1.29, 1.82) is 5.26 Å². The molecule has 0 spiro atoms. The first-order valence-corrected chi connectivity index (χ1v) is 11.2. The first-order valence-electron chi connectivity index (χ1n) is 10.4. The van der Waals surface area contributed by atoms with Crippen molar-refractivity contribution in [1.82, 2.24) is 9.88 Å². The largest absolute Gasteiger partial charge is 0.360 e. The summed E-state index contributed by atoms with van der Waals surface area (Å²) in [6.45, 7) is 1.53. The van der Waals surface area contributed by atoms with Crippen molar-refractivity contribution in [3.63, 3.8) is 0 Å². The van der Waals surface area contributed by atoms with Gasteiger partial charge in [0.15, 0.2) is 0 Å². The van der Waals surface area contributed by atoms with Crippen LogP contribution in [0.3, 0.4) is 0 Å². The molecule has 1 amide bonds. The highest BCUT2D eigenvalue weighted by atomic mass is 79.9. The number of halogens is 1. The fourth-order valence-corrected chi connectivity index (χ4v) is 5.02. The number of ether oxygens (including phenoxy) is 1. The molecular weight excluding hydrogens is 444 g/mol. The summed E-state index contributed by atoms with van der Waals surface area (Å²) in [4.78, 5) is 21.7. The van der Waals surface area contributed by atoms with E-state index in [-0.39, 0.29) is 30.2 Å². The smallest absolute Gasteiger partial charge is 0.248 e. The van der Waals surface area contributed by atoms with Crippen molar-refractivity contribution in [2.45, 2.75) is 43.4 Å². The second-order valence-corrected chi connectivity index (χ2v) is 9.31. The average Bonchev–Trinajstić information content (AvgIpc) is 3.52. The van der Waals surface area contributed by atoms with Crippen LogP contribution in [0.15, 0.2) is 47.1 Å². The van der Waals surface area contributed by atoms with Crippen LogP contribution in [0.25, 0.3) is 0 Å². The van der Waals surface area contributed by atoms with Crippen LogP contribution >= 0.6 is 15.9 Å². The highest BCUT2D eigenvalue weighted by Gasteiger charge is 2.47. The van der Waals surface area contributed by atoms with Crippen LogP contribution in [0.5, 0.6) is 0 Å². The minimum atomic E-state index is -0.288. The summed E-state index contributed by atoms with van der Waals surface area (Å²) < 4.78 is 7.19. The quantitative estimate of drug-likeness (QED) is 0.672. The van der Waals surface area contributed by atoms with Gasteiger partial charge >= 0.3 is 0 Å². The van der Waals surface area contributed by atoms with Crippen LogP contribution < -0.4 is 4.90 Å². The van der Waals surface area contributed by atoms with Crippen molar-refractivity contribution >= 4 is 27.7 Å². The number of pyridine rings is 1. The topological polar surface area (TPSA) is 69.5 Å². The number of carbonyl (C=O) groups is 1. The lowest BCUT2D eigenvalue weighted by atomic mass is 10.1. The van der Waals surface area contributed by atoms with E-state index in [1.165, 1.54) is 0 Å². The minimum Gasteiger partial charge on any atom is -0.360 e. The van der Waals surface area contributed by atoms with Crippen molar-refractivity contribution in [2.75, 3.05) is 24.6 Å². The number of fused-ring (bicyclic) bond motifs is 2. The number of hydrogen-bond acceptors (Lipinski definition) is 5. The molecule has 2 aromatic rings. The normalized spacial score (nSPS) is 23.9. The van der Waals surface area contributed by atoms with Gasteiger partial charge in [-0.05, 0) is 55.5 Å². The molecule has 1 aromatic carbocycles. The number of rotatable bonds is 5. The van der Waals surface area contributed by atoms with Crippen molar-refractivity contribution < 1.29 is 9.53 Å². The molecule has 1 saturated carbocycles. The molecule has 0 N–H and O–H groups in total. The molecule has 3 fully saturated rings. The van der Waals surface area contributed by atoms with E-state index in [9.17, 15) is 4.79 Å². The summed E-state index contributed by atoms with van der Waals surface area (Å²) in [5.41, 5.74) is 1.43. The predicted molar refractivity (Wildman–Crippen MR) is 116 cm³/mol. The lowest BCUT2D eigenvalue weighted by Gasteiger charge is -2.41. The number of carbonyl (C=O) groups excluding carboxylic acids is 1. The molecule has 2 aliphatic heterocycles. The monoisotopic (exact) mass is 466 g/mol. The number of nitrogens with zero attached hydrogens (tertiary/aromatic N) is 4. The molecular formula is C23H23BrN4O2. The van der Waals surface area contributed by atoms with E-state index in [0.717, 1.165) is 41.5 Å². The van der Waals surface area contributed by atoms with Crippen LogP contribution in [-0.2, 0) is 15.1 Å². The average molecular weight is 467 g/mol. The Balaban J connectivity index is 1.21. The standard InChI is InChI=1S/C23H23BrN4O2/c24-18-4-2-17(3-5-18)23(9-10-23)30-15-22(29)27-13-19-6-7-20(14-27)28(19)21-8-1-16(11-25)12-26-21/h1-5,8,12,19-20H,6-7,9-10,13-15H2/t19-,20?/m0/s1. The summed E-state index contributed by atoms with van der Waals surface area (Å²) in [5.74, 6) is 0.972. The Morgan fingerprint density at radius 1 is 1.17 bits per heavy atom. The van der Waals surface area contributed by atoms with Gasteiger partial charge < -0.3 is 14.5 Å². The highest BCUT2D eigenvalue weighted by Crippen LogP contribution is 2.49. The van der Waals surface area contributed by atoms with E-state index in [4.69, 9.17) is 10.00 Å². The third kappa shape index (κ3) is 3.59. The Morgan fingerprint density at radius 3 is 2.43 bits per heavy atom. The third-order valence-corrected chi connectivity index (χ3v) is 7.05. The molecule has 1 unspecified atom stereocenters. The molecule has 154 valence electrons. The predicted octanol–water partition coefficient (Wildman–Crippen LogP) is 3.60. The SMILES string of the molecule is N#Cc1ccc(N2C3CC[C@H]2CN(C(=O)COC2(c4ccc(Br)cc4)CC2)C3)nc1. The van der Waals surface area contributed by atoms with Gasteiger partial charge in [0.1, 0.15) is 18.5 Å². The minimum absolute atomic E-state index is 0.0720. The van der Waals surface area contributed by atoms with Crippen LogP contribution in [0, 0.1) is 11.3 Å². The summed E-state index contributed by atoms with van der Waals surface area (Å²) in [6, 6.07) is 14.6. The molecule has 2 bridgehead atoms. The molecule has 5 rings (SSSR count). The van der Waals surface area contributed by atoms with Gasteiger partial charge in [-0.2, -0.15) is 5.26 Å². The van der Waals surface area contributed by atoms with Gasteiger partial charge in [0, 0.05) is 35.8 Å². The van der Waals surface area contributed by atoms with Crippen LogP contribution in [0.4, 0.5) is 5.82 Å². The zero-order valence-corrected chi connectivity index (χ0v) is 18.2. The van der Waals surface area contributed by atoms with Crippen molar-refractivity contribution in [3.05, 3.63) is 58.2 Å². The number of piperazine rings is 1. The van der Waals surface area contributed by atoms with E-state index in [0.29, 0.717) is 18.7 Å². The van der Waals surface area contributed by atoms with Crippen LogP contribution in [0.1, 0.15) is 36.8 Å². The first-order chi connectivity index (χ1) is 14.6. The molecule has 3 aliphatic rings. The maximum atomic E-state index is 12.9. The number of hydrogen-bond donors (Lipinski definition) is 0. The lowest BCUT2D eigenvalue weighted by molar-refractivity contribution is -0.140. The Labute approximate surface area is 184 Å². The highest BCUT2D eigenvalue weighted by molar-refractivity contribution is 9.10. The molecule has 6 nitrogen and oxygen atoms in total. The number of nitriles is 1. The summed E-state index contributed by atoms with van der Waals surface area (Å²) in [7, 11) is 0.